The monoisotopic (exact) mass is 306 g/mol. The molecule has 5 nitrogen and oxygen atoms in total. The van der Waals surface area contributed by atoms with Crippen LogP contribution in [0.15, 0.2) is 24.5 Å². The minimum Gasteiger partial charge on any atom is -0.319 e. The van der Waals surface area contributed by atoms with Crippen molar-refractivity contribution in [2.45, 2.75) is 39.7 Å². The molecule has 0 aromatic carbocycles. The quantitative estimate of drug-likeness (QED) is 0.856. The van der Waals surface area contributed by atoms with E-state index in [1.165, 1.54) is 0 Å². The summed E-state index contributed by atoms with van der Waals surface area (Å²) in [4.78, 5) is 16.5. The first-order valence-electron chi connectivity index (χ1n) is 7.01. The summed E-state index contributed by atoms with van der Waals surface area (Å²) in [7, 11) is 0. The minimum absolute atomic E-state index is 0.208. The van der Waals surface area contributed by atoms with Crippen molar-refractivity contribution in [3.05, 3.63) is 40.9 Å². The molecule has 0 saturated heterocycles. The van der Waals surface area contributed by atoms with E-state index in [2.05, 4.69) is 22.3 Å². The molecule has 2 heterocycles. The molecule has 0 aliphatic rings. The van der Waals surface area contributed by atoms with Crippen molar-refractivity contribution in [2.75, 3.05) is 5.32 Å². The third kappa shape index (κ3) is 4.04. The standard InChI is InChI=1S/C15H19ClN4O/c1-4-5-12-6-11(7-14(16)18-12)15(21)19-13-8-17-20(9-13)10(2)3/h6-10H,4-5H2,1-3H3,(H,19,21). The number of carbonyl (C=O) groups is 1. The lowest BCUT2D eigenvalue weighted by Gasteiger charge is -2.06. The topological polar surface area (TPSA) is 59.8 Å². The number of anilines is 1. The first-order valence-corrected chi connectivity index (χ1v) is 7.39. The summed E-state index contributed by atoms with van der Waals surface area (Å²) >= 11 is 5.97. The fraction of sp³-hybridized carbons (Fsp3) is 0.400. The number of amides is 1. The Labute approximate surface area is 129 Å². The van der Waals surface area contributed by atoms with Gasteiger partial charge >= 0.3 is 0 Å². The number of aromatic nitrogens is 3. The van der Waals surface area contributed by atoms with Gasteiger partial charge in [0.25, 0.3) is 5.91 Å². The van der Waals surface area contributed by atoms with Gasteiger partial charge in [0.1, 0.15) is 5.15 Å². The highest BCUT2D eigenvalue weighted by molar-refractivity contribution is 6.29. The Hall–Kier alpha value is -1.88. The molecule has 0 radical (unpaired) electrons. The van der Waals surface area contributed by atoms with Gasteiger partial charge in [-0.05, 0) is 32.4 Å². The van der Waals surface area contributed by atoms with Gasteiger partial charge in [0.05, 0.1) is 11.9 Å². The Morgan fingerprint density at radius 2 is 2.19 bits per heavy atom. The summed E-state index contributed by atoms with van der Waals surface area (Å²) in [5, 5.41) is 7.35. The normalized spacial score (nSPS) is 10.9. The SMILES string of the molecule is CCCc1cc(C(=O)Nc2cnn(C(C)C)c2)cc(Cl)n1. The van der Waals surface area contributed by atoms with E-state index >= 15 is 0 Å². The summed E-state index contributed by atoms with van der Waals surface area (Å²) in [5.74, 6) is -0.208. The number of rotatable bonds is 5. The van der Waals surface area contributed by atoms with E-state index in [-0.39, 0.29) is 11.9 Å². The van der Waals surface area contributed by atoms with Crippen LogP contribution in [0.2, 0.25) is 5.15 Å². The number of carbonyl (C=O) groups excluding carboxylic acids is 1. The molecule has 21 heavy (non-hydrogen) atoms. The Morgan fingerprint density at radius 1 is 1.43 bits per heavy atom. The zero-order valence-electron chi connectivity index (χ0n) is 12.4. The van der Waals surface area contributed by atoms with Crippen LogP contribution in [0.4, 0.5) is 5.69 Å². The van der Waals surface area contributed by atoms with Gasteiger partial charge in [-0.3, -0.25) is 9.48 Å². The molecule has 0 atom stereocenters. The van der Waals surface area contributed by atoms with E-state index in [1.807, 2.05) is 13.8 Å². The highest BCUT2D eigenvalue weighted by Crippen LogP contribution is 2.15. The Bertz CT molecular complexity index is 636. The molecule has 0 aliphatic carbocycles. The van der Waals surface area contributed by atoms with Gasteiger partial charge in [-0.15, -0.1) is 0 Å². The zero-order valence-corrected chi connectivity index (χ0v) is 13.2. The number of nitrogens with one attached hydrogen (secondary N) is 1. The molecule has 0 spiro atoms. The molecule has 0 fully saturated rings. The third-order valence-electron chi connectivity index (χ3n) is 3.00. The van der Waals surface area contributed by atoms with E-state index < -0.39 is 0 Å². The largest absolute Gasteiger partial charge is 0.319 e. The van der Waals surface area contributed by atoms with Gasteiger partial charge in [0, 0.05) is 23.5 Å². The predicted molar refractivity (Wildman–Crippen MR) is 83.8 cm³/mol. The molecule has 2 aromatic rings. The highest BCUT2D eigenvalue weighted by Gasteiger charge is 2.11. The summed E-state index contributed by atoms with van der Waals surface area (Å²) in [6, 6.07) is 3.60. The minimum atomic E-state index is -0.208. The first-order chi connectivity index (χ1) is 9.99. The average Bonchev–Trinajstić information content (AvgIpc) is 2.87. The van der Waals surface area contributed by atoms with Crippen LogP contribution in [-0.2, 0) is 6.42 Å². The lowest BCUT2D eigenvalue weighted by Crippen LogP contribution is -2.12. The maximum absolute atomic E-state index is 12.3. The van der Waals surface area contributed by atoms with Crippen LogP contribution < -0.4 is 5.32 Å². The van der Waals surface area contributed by atoms with Crippen molar-refractivity contribution in [1.29, 1.82) is 0 Å². The number of halogens is 1. The van der Waals surface area contributed by atoms with Crippen molar-refractivity contribution in [1.82, 2.24) is 14.8 Å². The van der Waals surface area contributed by atoms with E-state index in [0.717, 1.165) is 18.5 Å². The van der Waals surface area contributed by atoms with E-state index in [4.69, 9.17) is 11.6 Å². The van der Waals surface area contributed by atoms with E-state index in [0.29, 0.717) is 16.4 Å². The van der Waals surface area contributed by atoms with Gasteiger partial charge in [-0.2, -0.15) is 5.10 Å². The van der Waals surface area contributed by atoms with Crippen molar-refractivity contribution in [2.24, 2.45) is 0 Å². The Morgan fingerprint density at radius 3 is 2.81 bits per heavy atom. The fourth-order valence-corrected chi connectivity index (χ4v) is 2.18. The smallest absolute Gasteiger partial charge is 0.255 e. The molecule has 6 heteroatoms. The van der Waals surface area contributed by atoms with Gasteiger partial charge in [0.2, 0.25) is 0 Å². The van der Waals surface area contributed by atoms with Gasteiger partial charge in [-0.1, -0.05) is 24.9 Å². The molecule has 0 unspecified atom stereocenters. The second-order valence-corrected chi connectivity index (χ2v) is 5.56. The number of pyridine rings is 1. The molecule has 0 saturated carbocycles. The number of nitrogens with zero attached hydrogens (tertiary/aromatic N) is 3. The predicted octanol–water partition coefficient (Wildman–Crippen LogP) is 3.72. The second kappa shape index (κ2) is 6.72. The number of aryl methyl sites for hydroxylation is 1. The molecule has 112 valence electrons. The molecule has 2 aromatic heterocycles. The van der Waals surface area contributed by atoms with Crippen LogP contribution in [0, 0.1) is 0 Å². The lowest BCUT2D eigenvalue weighted by molar-refractivity contribution is 0.102. The maximum Gasteiger partial charge on any atom is 0.255 e. The molecule has 2 rings (SSSR count). The van der Waals surface area contributed by atoms with Crippen LogP contribution >= 0.6 is 11.6 Å². The highest BCUT2D eigenvalue weighted by atomic mass is 35.5. The summed E-state index contributed by atoms with van der Waals surface area (Å²) in [5.41, 5.74) is 2.00. The average molecular weight is 307 g/mol. The Balaban J connectivity index is 2.15. The summed E-state index contributed by atoms with van der Waals surface area (Å²) in [6.45, 7) is 6.11. The summed E-state index contributed by atoms with van der Waals surface area (Å²) < 4.78 is 1.79. The number of hydrogen-bond donors (Lipinski definition) is 1. The maximum atomic E-state index is 12.3. The number of hydrogen-bond acceptors (Lipinski definition) is 3. The molecule has 0 aliphatic heterocycles. The molecule has 0 bridgehead atoms. The van der Waals surface area contributed by atoms with Crippen molar-refractivity contribution in [3.8, 4) is 0 Å². The van der Waals surface area contributed by atoms with Crippen LogP contribution in [-0.4, -0.2) is 20.7 Å². The third-order valence-corrected chi connectivity index (χ3v) is 3.20. The van der Waals surface area contributed by atoms with Crippen LogP contribution in [0.5, 0.6) is 0 Å². The van der Waals surface area contributed by atoms with Crippen LogP contribution in [0.1, 0.15) is 49.3 Å². The van der Waals surface area contributed by atoms with Gasteiger partial charge in [0.15, 0.2) is 0 Å². The van der Waals surface area contributed by atoms with Gasteiger partial charge in [-0.25, -0.2) is 4.98 Å². The Kier molecular flexibility index (Phi) is 4.96. The van der Waals surface area contributed by atoms with E-state index in [9.17, 15) is 4.79 Å². The van der Waals surface area contributed by atoms with Crippen LogP contribution in [0.3, 0.4) is 0 Å². The molecular weight excluding hydrogens is 288 g/mol. The summed E-state index contributed by atoms with van der Waals surface area (Å²) in [6.07, 6.45) is 5.19. The van der Waals surface area contributed by atoms with E-state index in [1.54, 1.807) is 29.2 Å². The molecular formula is C15H19ClN4O. The fourth-order valence-electron chi connectivity index (χ4n) is 1.95. The molecule has 1 amide bonds. The molecule has 1 N–H and O–H groups in total. The zero-order chi connectivity index (χ0) is 15.4. The van der Waals surface area contributed by atoms with Crippen molar-refractivity contribution in [3.63, 3.8) is 0 Å². The lowest BCUT2D eigenvalue weighted by atomic mass is 10.1. The first kappa shape index (κ1) is 15.5. The van der Waals surface area contributed by atoms with Crippen molar-refractivity contribution >= 4 is 23.2 Å². The van der Waals surface area contributed by atoms with Gasteiger partial charge < -0.3 is 5.32 Å². The van der Waals surface area contributed by atoms with Crippen molar-refractivity contribution < 1.29 is 4.79 Å². The van der Waals surface area contributed by atoms with Crippen LogP contribution in [0.25, 0.3) is 0 Å². The second-order valence-electron chi connectivity index (χ2n) is 5.18.